The summed E-state index contributed by atoms with van der Waals surface area (Å²) in [7, 11) is 0. The van der Waals surface area contributed by atoms with Gasteiger partial charge >= 0.3 is 0 Å². The monoisotopic (exact) mass is 297 g/mol. The first-order valence-corrected chi connectivity index (χ1v) is 7.15. The second-order valence-corrected chi connectivity index (χ2v) is 5.63. The molecule has 0 amide bonds. The van der Waals surface area contributed by atoms with E-state index in [2.05, 4.69) is 4.98 Å². The number of phenolic OH excluding ortho intramolecular Hbond substituents is 2. The second-order valence-electron chi connectivity index (χ2n) is 5.25. The molecule has 21 heavy (non-hydrogen) atoms. The van der Waals surface area contributed by atoms with Gasteiger partial charge in [0.1, 0.15) is 11.5 Å². The highest BCUT2D eigenvalue weighted by Gasteiger charge is 2.23. The highest BCUT2D eigenvalue weighted by Crippen LogP contribution is 2.43. The van der Waals surface area contributed by atoms with Crippen molar-refractivity contribution in [2.24, 2.45) is 0 Å². The first-order valence-electron chi connectivity index (χ1n) is 6.77. The minimum atomic E-state index is 0.165. The van der Waals surface area contributed by atoms with E-state index in [4.69, 9.17) is 11.6 Å². The molecule has 1 aliphatic carbocycles. The molecule has 0 unspecified atom stereocenters. The first-order chi connectivity index (χ1) is 10.1. The Kier molecular flexibility index (Phi) is 2.59. The van der Waals surface area contributed by atoms with E-state index in [0.717, 1.165) is 46.1 Å². The third-order valence-electron chi connectivity index (χ3n) is 4.01. The third kappa shape index (κ3) is 1.78. The number of nitrogens with zero attached hydrogens (tertiary/aromatic N) is 1. The van der Waals surface area contributed by atoms with Gasteiger partial charge in [-0.3, -0.25) is 4.98 Å². The molecule has 1 aromatic heterocycles. The second kappa shape index (κ2) is 4.37. The zero-order valence-electron chi connectivity index (χ0n) is 11.1. The molecule has 0 saturated carbocycles. The maximum absolute atomic E-state index is 10.0. The van der Waals surface area contributed by atoms with Crippen LogP contribution in [0.3, 0.4) is 0 Å². The van der Waals surface area contributed by atoms with Gasteiger partial charge in [0, 0.05) is 16.5 Å². The van der Waals surface area contributed by atoms with Crippen LogP contribution >= 0.6 is 11.6 Å². The highest BCUT2D eigenvalue weighted by atomic mass is 35.5. The molecule has 0 aliphatic heterocycles. The number of aryl methyl sites for hydroxylation is 1. The minimum absolute atomic E-state index is 0.165. The maximum Gasteiger partial charge on any atom is 0.119 e. The van der Waals surface area contributed by atoms with E-state index in [-0.39, 0.29) is 5.75 Å². The number of halogens is 1. The van der Waals surface area contributed by atoms with Gasteiger partial charge in [0.05, 0.1) is 16.2 Å². The zero-order valence-corrected chi connectivity index (χ0v) is 11.9. The number of aromatic hydroxyl groups is 2. The Bertz CT molecular complexity index is 890. The average Bonchev–Trinajstić information content (AvgIpc) is 2.48. The van der Waals surface area contributed by atoms with E-state index in [1.807, 2.05) is 12.1 Å². The van der Waals surface area contributed by atoms with E-state index in [1.165, 1.54) is 0 Å². The van der Waals surface area contributed by atoms with Crippen LogP contribution in [-0.2, 0) is 12.8 Å². The number of hydrogen-bond acceptors (Lipinski definition) is 3. The van der Waals surface area contributed by atoms with Crippen LogP contribution in [0, 0.1) is 0 Å². The average molecular weight is 298 g/mol. The van der Waals surface area contributed by atoms with Crippen LogP contribution in [0.15, 0.2) is 36.4 Å². The highest BCUT2D eigenvalue weighted by molar-refractivity contribution is 6.38. The van der Waals surface area contributed by atoms with Gasteiger partial charge in [-0.1, -0.05) is 23.7 Å². The van der Waals surface area contributed by atoms with Crippen molar-refractivity contribution in [2.45, 2.75) is 12.8 Å². The normalized spacial score (nSPS) is 13.0. The fourth-order valence-corrected chi connectivity index (χ4v) is 3.39. The fourth-order valence-electron chi connectivity index (χ4n) is 3.03. The van der Waals surface area contributed by atoms with Crippen LogP contribution in [0.1, 0.15) is 11.3 Å². The fraction of sp³-hybridized carbons (Fsp3) is 0.118. The van der Waals surface area contributed by atoms with E-state index < -0.39 is 0 Å². The topological polar surface area (TPSA) is 53.4 Å². The summed E-state index contributed by atoms with van der Waals surface area (Å²) in [6, 6.07) is 10.5. The van der Waals surface area contributed by atoms with Crippen molar-refractivity contribution in [3.05, 3.63) is 52.7 Å². The van der Waals surface area contributed by atoms with Crippen LogP contribution in [0.2, 0.25) is 5.02 Å². The summed E-state index contributed by atoms with van der Waals surface area (Å²) < 4.78 is 0. The molecule has 0 spiro atoms. The number of fused-ring (bicyclic) bond motifs is 4. The van der Waals surface area contributed by atoms with Gasteiger partial charge in [-0.2, -0.15) is 0 Å². The number of rotatable bonds is 0. The van der Waals surface area contributed by atoms with Crippen molar-refractivity contribution >= 4 is 22.5 Å². The summed E-state index contributed by atoms with van der Waals surface area (Å²) in [5, 5.41) is 21.0. The maximum atomic E-state index is 10.0. The molecule has 3 nitrogen and oxygen atoms in total. The summed E-state index contributed by atoms with van der Waals surface area (Å²) in [5.74, 6) is 0.461. The van der Waals surface area contributed by atoms with Gasteiger partial charge in [-0.25, -0.2) is 0 Å². The molecule has 0 radical (unpaired) electrons. The molecule has 1 heterocycles. The predicted molar refractivity (Wildman–Crippen MR) is 82.9 cm³/mol. The Labute approximate surface area is 126 Å². The number of benzene rings is 2. The van der Waals surface area contributed by atoms with Crippen molar-refractivity contribution in [1.82, 2.24) is 4.98 Å². The first kappa shape index (κ1) is 12.5. The molecule has 3 aromatic rings. The van der Waals surface area contributed by atoms with E-state index in [1.54, 1.807) is 24.3 Å². The Hall–Kier alpha value is -2.26. The quantitative estimate of drug-likeness (QED) is 0.658. The van der Waals surface area contributed by atoms with Crippen LogP contribution in [0.25, 0.3) is 22.0 Å². The Morgan fingerprint density at radius 2 is 1.90 bits per heavy atom. The molecule has 104 valence electrons. The molecular weight excluding hydrogens is 286 g/mol. The van der Waals surface area contributed by atoms with Gasteiger partial charge < -0.3 is 10.2 Å². The molecule has 0 fully saturated rings. The van der Waals surface area contributed by atoms with E-state index >= 15 is 0 Å². The lowest BCUT2D eigenvalue weighted by Gasteiger charge is -2.22. The smallest absolute Gasteiger partial charge is 0.119 e. The van der Waals surface area contributed by atoms with E-state index in [9.17, 15) is 10.2 Å². The summed E-state index contributed by atoms with van der Waals surface area (Å²) in [4.78, 5) is 4.67. The van der Waals surface area contributed by atoms with Crippen LogP contribution in [0.4, 0.5) is 0 Å². The van der Waals surface area contributed by atoms with Gasteiger partial charge in [0.2, 0.25) is 0 Å². The number of hydrogen-bond donors (Lipinski definition) is 2. The van der Waals surface area contributed by atoms with Gasteiger partial charge in [0.15, 0.2) is 0 Å². The summed E-state index contributed by atoms with van der Waals surface area (Å²) in [6.45, 7) is 0. The molecule has 2 aromatic carbocycles. The van der Waals surface area contributed by atoms with Crippen molar-refractivity contribution < 1.29 is 10.2 Å². The molecule has 0 bridgehead atoms. The predicted octanol–water partition coefficient (Wildman–Crippen LogP) is 4.07. The number of pyridine rings is 1. The Morgan fingerprint density at radius 3 is 2.76 bits per heavy atom. The largest absolute Gasteiger partial charge is 0.508 e. The van der Waals surface area contributed by atoms with Crippen molar-refractivity contribution in [1.29, 1.82) is 0 Å². The van der Waals surface area contributed by atoms with Crippen LogP contribution in [0.5, 0.6) is 11.5 Å². The SMILES string of the molecule is Oc1ccc2nc3c(c(Cl)c2c1)-c1cccc(O)c1CC3. The zero-order chi connectivity index (χ0) is 14.6. The van der Waals surface area contributed by atoms with Crippen LogP contribution in [-0.4, -0.2) is 15.2 Å². The lowest BCUT2D eigenvalue weighted by molar-refractivity contribution is 0.467. The standard InChI is InChI=1S/C17H12ClNO2/c18-17-12-8-9(20)4-6-13(12)19-14-7-5-10-11(16(14)17)2-1-3-15(10)21/h1-4,6,8,20-21H,5,7H2. The molecule has 0 atom stereocenters. The summed E-state index contributed by atoms with van der Waals surface area (Å²) in [6.07, 6.45) is 1.50. The number of phenols is 2. The lowest BCUT2D eigenvalue weighted by atomic mass is 9.87. The molecule has 4 heteroatoms. The summed E-state index contributed by atoms with van der Waals surface area (Å²) in [5.41, 5.74) is 4.43. The van der Waals surface area contributed by atoms with Crippen molar-refractivity contribution in [3.8, 4) is 22.6 Å². The van der Waals surface area contributed by atoms with Gasteiger partial charge in [0.25, 0.3) is 0 Å². The summed E-state index contributed by atoms with van der Waals surface area (Å²) >= 11 is 6.58. The minimum Gasteiger partial charge on any atom is -0.508 e. The lowest BCUT2D eigenvalue weighted by Crippen LogP contribution is -2.07. The van der Waals surface area contributed by atoms with Gasteiger partial charge in [-0.15, -0.1) is 0 Å². The van der Waals surface area contributed by atoms with Crippen molar-refractivity contribution in [2.75, 3.05) is 0 Å². The molecule has 0 saturated heterocycles. The van der Waals surface area contributed by atoms with Crippen molar-refractivity contribution in [3.63, 3.8) is 0 Å². The molecule has 4 rings (SSSR count). The van der Waals surface area contributed by atoms with E-state index in [0.29, 0.717) is 10.8 Å². The Balaban J connectivity index is 2.11. The molecular formula is C17H12ClNO2. The molecule has 1 aliphatic rings. The van der Waals surface area contributed by atoms with Crippen LogP contribution < -0.4 is 0 Å². The Morgan fingerprint density at radius 1 is 1.05 bits per heavy atom. The van der Waals surface area contributed by atoms with Gasteiger partial charge in [-0.05, 0) is 42.7 Å². The third-order valence-corrected chi connectivity index (χ3v) is 4.41. The number of aromatic nitrogens is 1. The molecule has 2 N–H and O–H groups in total.